The van der Waals surface area contributed by atoms with Crippen molar-refractivity contribution < 1.29 is 22.4 Å². The van der Waals surface area contributed by atoms with Gasteiger partial charge in [-0.05, 0) is 54.0 Å². The van der Waals surface area contributed by atoms with Crippen LogP contribution in [0.1, 0.15) is 40.8 Å². The van der Waals surface area contributed by atoms with Crippen LogP contribution in [0.2, 0.25) is 0 Å². The van der Waals surface area contributed by atoms with Crippen LogP contribution in [-0.4, -0.2) is 83.8 Å². The van der Waals surface area contributed by atoms with Gasteiger partial charge in [0.15, 0.2) is 11.4 Å². The molecule has 3 aromatic heterocycles. The molecule has 4 heterocycles. The van der Waals surface area contributed by atoms with E-state index in [0.29, 0.717) is 54.4 Å². The lowest BCUT2D eigenvalue weighted by Crippen LogP contribution is -2.50. The van der Waals surface area contributed by atoms with E-state index >= 15 is 0 Å². The van der Waals surface area contributed by atoms with E-state index in [0.717, 1.165) is 5.56 Å². The van der Waals surface area contributed by atoms with E-state index in [1.54, 1.807) is 42.3 Å². The Balaban J connectivity index is 1.06. The van der Waals surface area contributed by atoms with Gasteiger partial charge in [0.1, 0.15) is 16.7 Å². The van der Waals surface area contributed by atoms with Crippen LogP contribution in [0, 0.1) is 0 Å². The highest BCUT2D eigenvalue weighted by Crippen LogP contribution is 2.51. The van der Waals surface area contributed by atoms with Gasteiger partial charge in [0.25, 0.3) is 5.91 Å². The van der Waals surface area contributed by atoms with Crippen molar-refractivity contribution in [1.82, 2.24) is 40.0 Å². The SMILES string of the molecule is Cn1nnc(C(c2ccccc2)N2CCN(C(=O)c3cc(-c4nc5cc(NC6(C(F)(F)F)CC6)ccc5o4)ccn3)CC2)n1. The summed E-state index contributed by atoms with van der Waals surface area (Å²) in [6.07, 6.45) is -2.74. The number of rotatable bonds is 7. The molecule has 0 radical (unpaired) electrons. The van der Waals surface area contributed by atoms with Gasteiger partial charge in [-0.2, -0.15) is 18.0 Å². The number of nitrogens with zero attached hydrogens (tertiary/aromatic N) is 8. The molecular formula is C30H28F3N9O2. The fourth-order valence-electron chi connectivity index (χ4n) is 5.60. The van der Waals surface area contributed by atoms with Gasteiger partial charge in [-0.3, -0.25) is 14.7 Å². The quantitative estimate of drug-likeness (QED) is 0.288. The second-order valence-electron chi connectivity index (χ2n) is 11.1. The first-order valence-electron chi connectivity index (χ1n) is 14.2. The van der Waals surface area contributed by atoms with Crippen LogP contribution in [0.5, 0.6) is 0 Å². The molecule has 226 valence electrons. The van der Waals surface area contributed by atoms with Crippen molar-refractivity contribution >= 4 is 22.7 Å². The number of aryl methyl sites for hydroxylation is 1. The molecule has 0 spiro atoms. The molecule has 0 bridgehead atoms. The first-order valence-corrected chi connectivity index (χ1v) is 14.2. The Kier molecular flexibility index (Phi) is 6.80. The van der Waals surface area contributed by atoms with Gasteiger partial charge in [-0.15, -0.1) is 10.2 Å². The summed E-state index contributed by atoms with van der Waals surface area (Å²) >= 11 is 0. The zero-order valence-corrected chi connectivity index (χ0v) is 23.7. The van der Waals surface area contributed by atoms with E-state index < -0.39 is 11.7 Å². The number of pyridine rings is 1. The molecule has 1 atom stereocenters. The van der Waals surface area contributed by atoms with Crippen LogP contribution in [0.25, 0.3) is 22.6 Å². The number of hydrogen-bond donors (Lipinski definition) is 1. The smallest absolute Gasteiger partial charge is 0.411 e. The number of carbonyl (C=O) groups is 1. The summed E-state index contributed by atoms with van der Waals surface area (Å²) < 4.78 is 46.1. The number of benzene rings is 2. The lowest BCUT2D eigenvalue weighted by Gasteiger charge is -2.38. The highest BCUT2D eigenvalue weighted by molar-refractivity contribution is 5.93. The molecular weight excluding hydrogens is 575 g/mol. The molecule has 1 aliphatic heterocycles. The predicted molar refractivity (Wildman–Crippen MR) is 153 cm³/mol. The molecule has 1 N–H and O–H groups in total. The summed E-state index contributed by atoms with van der Waals surface area (Å²) in [7, 11) is 1.73. The Hall–Kier alpha value is -4.85. The zero-order valence-electron chi connectivity index (χ0n) is 23.7. The minimum Gasteiger partial charge on any atom is -0.436 e. The summed E-state index contributed by atoms with van der Waals surface area (Å²) in [6.45, 7) is 2.15. The number of piperazine rings is 1. The molecule has 1 saturated carbocycles. The topological polar surface area (TPSA) is 118 Å². The molecule has 1 saturated heterocycles. The number of amides is 1. The number of tetrazole rings is 1. The van der Waals surface area contributed by atoms with Gasteiger partial charge in [0.2, 0.25) is 5.89 Å². The van der Waals surface area contributed by atoms with E-state index in [2.05, 4.69) is 35.6 Å². The maximum absolute atomic E-state index is 13.5. The maximum atomic E-state index is 13.5. The van der Waals surface area contributed by atoms with Crippen LogP contribution >= 0.6 is 0 Å². The Morgan fingerprint density at radius 1 is 1.02 bits per heavy atom. The average Bonchev–Trinajstić information content (AvgIpc) is 3.51. The van der Waals surface area contributed by atoms with E-state index in [1.165, 1.54) is 11.0 Å². The summed E-state index contributed by atoms with van der Waals surface area (Å²) in [4.78, 5) is 27.7. The van der Waals surface area contributed by atoms with Crippen molar-refractivity contribution in [2.24, 2.45) is 7.05 Å². The molecule has 1 aliphatic carbocycles. The van der Waals surface area contributed by atoms with Crippen molar-refractivity contribution in [3.05, 3.63) is 83.9 Å². The maximum Gasteiger partial charge on any atom is 0.411 e. The third kappa shape index (κ3) is 5.25. The van der Waals surface area contributed by atoms with Crippen molar-refractivity contribution in [3.63, 3.8) is 0 Å². The number of carbonyl (C=O) groups excluding carboxylic acids is 1. The molecule has 14 heteroatoms. The van der Waals surface area contributed by atoms with Gasteiger partial charge in [-0.25, -0.2) is 4.98 Å². The zero-order chi connectivity index (χ0) is 30.5. The Bertz CT molecular complexity index is 1810. The number of nitrogens with one attached hydrogen (secondary N) is 1. The highest BCUT2D eigenvalue weighted by Gasteiger charge is 2.63. The molecule has 5 aromatic rings. The lowest BCUT2D eigenvalue weighted by atomic mass is 10.0. The largest absolute Gasteiger partial charge is 0.436 e. The Morgan fingerprint density at radius 2 is 1.80 bits per heavy atom. The average molecular weight is 604 g/mol. The number of halogens is 3. The Labute approximate surface area is 249 Å². The second-order valence-corrected chi connectivity index (χ2v) is 11.1. The van der Waals surface area contributed by atoms with Gasteiger partial charge in [-0.1, -0.05) is 30.3 Å². The van der Waals surface area contributed by atoms with Gasteiger partial charge < -0.3 is 14.6 Å². The van der Waals surface area contributed by atoms with Crippen LogP contribution in [0.4, 0.5) is 18.9 Å². The number of fused-ring (bicyclic) bond motifs is 1. The van der Waals surface area contributed by atoms with Gasteiger partial charge in [0, 0.05) is 43.6 Å². The third-order valence-corrected chi connectivity index (χ3v) is 8.14. The van der Waals surface area contributed by atoms with Crippen LogP contribution < -0.4 is 5.32 Å². The number of alkyl halides is 3. The van der Waals surface area contributed by atoms with Crippen molar-refractivity contribution in [3.8, 4) is 11.5 Å². The van der Waals surface area contributed by atoms with Crippen molar-refractivity contribution in [1.29, 1.82) is 0 Å². The monoisotopic (exact) mass is 603 g/mol. The number of oxazole rings is 1. The molecule has 2 fully saturated rings. The fourth-order valence-corrected chi connectivity index (χ4v) is 5.60. The fraction of sp³-hybridized carbons (Fsp3) is 0.333. The minimum absolute atomic E-state index is 0.0357. The first kappa shape index (κ1) is 28.0. The summed E-state index contributed by atoms with van der Waals surface area (Å²) in [5.74, 6) is 0.629. The summed E-state index contributed by atoms with van der Waals surface area (Å²) in [5, 5.41) is 15.3. The predicted octanol–water partition coefficient (Wildman–Crippen LogP) is 4.47. The van der Waals surface area contributed by atoms with E-state index in [-0.39, 0.29) is 36.4 Å². The molecule has 1 unspecified atom stereocenters. The second kappa shape index (κ2) is 10.7. The van der Waals surface area contributed by atoms with Crippen LogP contribution in [-0.2, 0) is 7.05 Å². The van der Waals surface area contributed by atoms with E-state index in [9.17, 15) is 18.0 Å². The minimum atomic E-state index is -4.33. The number of hydrogen-bond acceptors (Lipinski definition) is 9. The van der Waals surface area contributed by atoms with Crippen molar-refractivity contribution in [2.75, 3.05) is 31.5 Å². The molecule has 2 aromatic carbocycles. The molecule has 11 nitrogen and oxygen atoms in total. The first-order chi connectivity index (χ1) is 21.2. The van der Waals surface area contributed by atoms with E-state index in [4.69, 9.17) is 4.42 Å². The van der Waals surface area contributed by atoms with Gasteiger partial charge >= 0.3 is 6.18 Å². The molecule has 7 rings (SSSR count). The summed E-state index contributed by atoms with van der Waals surface area (Å²) in [5.41, 5.74) is 1.11. The molecule has 2 aliphatic rings. The number of anilines is 1. The summed E-state index contributed by atoms with van der Waals surface area (Å²) in [6, 6.07) is 17.8. The third-order valence-electron chi connectivity index (χ3n) is 8.14. The standard InChI is InChI=1S/C30H28F3N9O2/c1-40-38-26(37-39-40)25(19-5-3-2-4-6-19)41-13-15-42(16-14-41)28(43)23-17-20(9-12-34-23)27-35-22-18-21(7-8-24(22)44-27)36-29(10-11-29)30(31,32)33/h2-9,12,17-18,25,36H,10-11,13-16H2,1H3. The number of aromatic nitrogens is 6. The van der Waals surface area contributed by atoms with Crippen LogP contribution in [0.15, 0.2) is 71.3 Å². The van der Waals surface area contributed by atoms with Crippen molar-refractivity contribution in [2.45, 2.75) is 30.6 Å². The van der Waals surface area contributed by atoms with Gasteiger partial charge in [0.05, 0.1) is 13.1 Å². The highest BCUT2D eigenvalue weighted by atomic mass is 19.4. The molecule has 1 amide bonds. The Morgan fingerprint density at radius 3 is 2.48 bits per heavy atom. The van der Waals surface area contributed by atoms with Crippen LogP contribution in [0.3, 0.4) is 0 Å². The molecule has 44 heavy (non-hydrogen) atoms. The normalized spacial score (nSPS) is 17.5. The van der Waals surface area contributed by atoms with E-state index in [1.807, 2.05) is 30.3 Å². The lowest BCUT2D eigenvalue weighted by molar-refractivity contribution is -0.151.